The normalized spacial score (nSPS) is 14.7. The van der Waals surface area contributed by atoms with Gasteiger partial charge in [-0.15, -0.1) is 5.10 Å². The van der Waals surface area contributed by atoms with E-state index in [0.29, 0.717) is 59.6 Å². The summed E-state index contributed by atoms with van der Waals surface area (Å²) in [5.74, 6) is 0.595. The van der Waals surface area contributed by atoms with Crippen LogP contribution in [0, 0.1) is 0 Å². The van der Waals surface area contributed by atoms with Crippen molar-refractivity contribution in [3.05, 3.63) is 85.9 Å². The number of nitrogens with one attached hydrogen (secondary N) is 1. The molecule has 1 fully saturated rings. The molecule has 0 unspecified atom stereocenters. The lowest BCUT2D eigenvalue weighted by molar-refractivity contribution is 0.0711. The molecule has 1 aliphatic heterocycles. The molecule has 1 aliphatic rings. The maximum absolute atomic E-state index is 12.8. The van der Waals surface area contributed by atoms with E-state index in [9.17, 15) is 9.59 Å². The number of hydrogen-bond acceptors (Lipinski definition) is 5. The van der Waals surface area contributed by atoms with Crippen LogP contribution in [0.15, 0.2) is 53.3 Å². The molecule has 33 heavy (non-hydrogen) atoms. The van der Waals surface area contributed by atoms with Crippen molar-refractivity contribution >= 4 is 40.3 Å². The Hall–Kier alpha value is -3.23. The number of H-pyrrole nitrogens is 1. The number of carbonyl (C=O) groups excluding carboxylic acids is 1. The van der Waals surface area contributed by atoms with Gasteiger partial charge in [0.05, 0.1) is 6.54 Å². The van der Waals surface area contributed by atoms with Crippen molar-refractivity contribution < 1.29 is 4.79 Å². The van der Waals surface area contributed by atoms with Gasteiger partial charge in [-0.2, -0.15) is 0 Å². The summed E-state index contributed by atoms with van der Waals surface area (Å²) in [4.78, 5) is 34.8. The number of amides is 1. The lowest BCUT2D eigenvalue weighted by Crippen LogP contribution is -2.38. The Morgan fingerprint density at radius 1 is 1.06 bits per heavy atom. The van der Waals surface area contributed by atoms with E-state index in [1.54, 1.807) is 35.0 Å². The van der Waals surface area contributed by atoms with Gasteiger partial charge in [0.15, 0.2) is 11.2 Å². The Morgan fingerprint density at radius 3 is 2.52 bits per heavy atom. The zero-order valence-electron chi connectivity index (χ0n) is 17.5. The molecular weight excluding hydrogens is 463 g/mol. The monoisotopic (exact) mass is 482 g/mol. The van der Waals surface area contributed by atoms with Crippen LogP contribution in [-0.2, 0) is 6.54 Å². The summed E-state index contributed by atoms with van der Waals surface area (Å²) in [5.41, 5.74) is 1.78. The second-order valence-electron chi connectivity index (χ2n) is 8.04. The minimum atomic E-state index is -0.319. The third kappa shape index (κ3) is 4.36. The lowest BCUT2D eigenvalue weighted by atomic mass is 9.95. The maximum Gasteiger partial charge on any atom is 0.281 e. The Morgan fingerprint density at radius 2 is 1.79 bits per heavy atom. The van der Waals surface area contributed by atoms with Crippen molar-refractivity contribution in [2.45, 2.75) is 25.3 Å². The molecular formula is C23H20Cl2N6O2. The van der Waals surface area contributed by atoms with Crippen molar-refractivity contribution in [1.29, 1.82) is 0 Å². The third-order valence-corrected chi connectivity index (χ3v) is 6.55. The SMILES string of the molecule is O=C(c1ccc(Cl)cc1)N1CCC(c2nc3c(nnn3Cc3ccccc3Cl)c(=O)[nH]2)CC1. The topological polar surface area (TPSA) is 96.8 Å². The molecule has 0 saturated carbocycles. The highest BCUT2D eigenvalue weighted by Crippen LogP contribution is 2.27. The van der Waals surface area contributed by atoms with Crippen LogP contribution in [0.1, 0.15) is 40.5 Å². The number of rotatable bonds is 4. The molecule has 1 amide bonds. The average Bonchev–Trinajstić information content (AvgIpc) is 3.24. The minimum Gasteiger partial charge on any atom is -0.339 e. The molecule has 8 nitrogen and oxygen atoms in total. The number of halogens is 2. The van der Waals surface area contributed by atoms with Gasteiger partial charge in [0.1, 0.15) is 5.82 Å². The van der Waals surface area contributed by atoms with Crippen LogP contribution in [0.2, 0.25) is 10.0 Å². The average molecular weight is 483 g/mol. The van der Waals surface area contributed by atoms with Gasteiger partial charge < -0.3 is 9.88 Å². The number of carbonyl (C=O) groups is 1. The van der Waals surface area contributed by atoms with E-state index in [2.05, 4.69) is 15.3 Å². The fourth-order valence-electron chi connectivity index (χ4n) is 4.10. The van der Waals surface area contributed by atoms with Gasteiger partial charge in [-0.05, 0) is 48.7 Å². The van der Waals surface area contributed by atoms with Crippen LogP contribution in [0.3, 0.4) is 0 Å². The Balaban J connectivity index is 1.35. The Bertz CT molecular complexity index is 1370. The number of aromatic amines is 1. The molecule has 0 aliphatic carbocycles. The molecule has 0 atom stereocenters. The lowest BCUT2D eigenvalue weighted by Gasteiger charge is -2.31. The standard InChI is InChI=1S/C23H20Cl2N6O2/c24-17-7-5-15(6-8-17)23(33)30-11-9-14(10-12-30)20-26-21-19(22(32)27-20)28-29-31(21)13-16-3-1-2-4-18(16)25/h1-8,14H,9-13H2,(H,26,27,32). The highest BCUT2D eigenvalue weighted by atomic mass is 35.5. The summed E-state index contributed by atoms with van der Waals surface area (Å²) in [6.07, 6.45) is 1.39. The van der Waals surface area contributed by atoms with Crippen LogP contribution in [0.4, 0.5) is 0 Å². The van der Waals surface area contributed by atoms with Gasteiger partial charge in [0.25, 0.3) is 11.5 Å². The summed E-state index contributed by atoms with van der Waals surface area (Å²) in [5, 5.41) is 9.33. The minimum absolute atomic E-state index is 0.0240. The van der Waals surface area contributed by atoms with Gasteiger partial charge in [-0.25, -0.2) is 9.67 Å². The van der Waals surface area contributed by atoms with Crippen molar-refractivity contribution in [2.24, 2.45) is 0 Å². The molecule has 4 aromatic rings. The first kappa shape index (κ1) is 21.6. The molecule has 168 valence electrons. The number of hydrogen-bond donors (Lipinski definition) is 1. The number of piperidine rings is 1. The number of benzene rings is 2. The third-order valence-electron chi connectivity index (χ3n) is 5.93. The molecule has 1 saturated heterocycles. The van der Waals surface area contributed by atoms with Gasteiger partial charge in [0, 0.05) is 34.6 Å². The van der Waals surface area contributed by atoms with Gasteiger partial charge >= 0.3 is 0 Å². The first-order chi connectivity index (χ1) is 16.0. The zero-order chi connectivity index (χ0) is 22.9. The van der Waals surface area contributed by atoms with E-state index in [4.69, 9.17) is 28.2 Å². The number of aromatic nitrogens is 5. The fraction of sp³-hybridized carbons (Fsp3) is 0.261. The predicted octanol–water partition coefficient (Wildman–Crippen LogP) is 3.89. The van der Waals surface area contributed by atoms with Gasteiger partial charge in [-0.1, -0.05) is 46.6 Å². The summed E-state index contributed by atoms with van der Waals surface area (Å²) < 4.78 is 1.59. The van der Waals surface area contributed by atoms with Crippen LogP contribution in [0.25, 0.3) is 11.2 Å². The van der Waals surface area contributed by atoms with Crippen molar-refractivity contribution in [1.82, 2.24) is 29.9 Å². The molecule has 10 heteroatoms. The summed E-state index contributed by atoms with van der Waals surface area (Å²) in [6, 6.07) is 14.4. The van der Waals surface area contributed by atoms with E-state index < -0.39 is 0 Å². The van der Waals surface area contributed by atoms with Gasteiger partial charge in [-0.3, -0.25) is 9.59 Å². The molecule has 3 heterocycles. The summed E-state index contributed by atoms with van der Waals surface area (Å²) >= 11 is 12.2. The fourth-order valence-corrected chi connectivity index (χ4v) is 4.42. The predicted molar refractivity (Wildman–Crippen MR) is 126 cm³/mol. The molecule has 0 radical (unpaired) electrons. The van der Waals surface area contributed by atoms with E-state index in [0.717, 1.165) is 5.56 Å². The van der Waals surface area contributed by atoms with Crippen molar-refractivity contribution in [2.75, 3.05) is 13.1 Å². The smallest absolute Gasteiger partial charge is 0.281 e. The first-order valence-electron chi connectivity index (χ1n) is 10.6. The van der Waals surface area contributed by atoms with Crippen LogP contribution < -0.4 is 5.56 Å². The number of likely N-dealkylation sites (tertiary alicyclic amines) is 1. The van der Waals surface area contributed by atoms with Crippen LogP contribution in [-0.4, -0.2) is 48.9 Å². The first-order valence-corrected chi connectivity index (χ1v) is 11.4. The summed E-state index contributed by atoms with van der Waals surface area (Å²) in [7, 11) is 0. The van der Waals surface area contributed by atoms with Crippen molar-refractivity contribution in [3.8, 4) is 0 Å². The molecule has 5 rings (SSSR count). The maximum atomic E-state index is 12.8. The molecule has 0 spiro atoms. The van der Waals surface area contributed by atoms with E-state index >= 15 is 0 Å². The molecule has 0 bridgehead atoms. The quantitative estimate of drug-likeness (QED) is 0.475. The highest BCUT2D eigenvalue weighted by Gasteiger charge is 2.27. The Labute approximate surface area is 199 Å². The largest absolute Gasteiger partial charge is 0.339 e. The molecule has 2 aromatic carbocycles. The second kappa shape index (κ2) is 8.96. The number of nitrogens with zero attached hydrogens (tertiary/aromatic N) is 5. The Kier molecular flexibility index (Phi) is 5.86. The van der Waals surface area contributed by atoms with E-state index in [1.807, 2.05) is 23.1 Å². The van der Waals surface area contributed by atoms with Crippen LogP contribution in [0.5, 0.6) is 0 Å². The van der Waals surface area contributed by atoms with Gasteiger partial charge in [0.2, 0.25) is 0 Å². The molecule has 2 aromatic heterocycles. The van der Waals surface area contributed by atoms with E-state index in [-0.39, 0.29) is 22.9 Å². The van der Waals surface area contributed by atoms with E-state index in [1.165, 1.54) is 0 Å². The highest BCUT2D eigenvalue weighted by molar-refractivity contribution is 6.31. The van der Waals surface area contributed by atoms with Crippen molar-refractivity contribution in [3.63, 3.8) is 0 Å². The number of fused-ring (bicyclic) bond motifs is 1. The zero-order valence-corrected chi connectivity index (χ0v) is 19.1. The van der Waals surface area contributed by atoms with Crippen LogP contribution >= 0.6 is 23.2 Å². The summed E-state index contributed by atoms with van der Waals surface area (Å²) in [6.45, 7) is 1.51. The second-order valence-corrected chi connectivity index (χ2v) is 8.88. The molecule has 1 N–H and O–H groups in total.